The van der Waals surface area contributed by atoms with E-state index < -0.39 is 0 Å². The monoisotopic (exact) mass is 427 g/mol. The third kappa shape index (κ3) is 3.05. The molecular formula is C21H18BrNO4. The van der Waals surface area contributed by atoms with Crippen LogP contribution in [0.15, 0.2) is 49.7 Å². The maximum absolute atomic E-state index is 13.3. The van der Waals surface area contributed by atoms with Gasteiger partial charge in [-0.1, -0.05) is 15.9 Å². The van der Waals surface area contributed by atoms with Crippen molar-refractivity contribution in [2.24, 2.45) is 0 Å². The minimum absolute atomic E-state index is 0.139. The summed E-state index contributed by atoms with van der Waals surface area (Å²) in [5.74, 6) is 0.624. The van der Waals surface area contributed by atoms with Crippen molar-refractivity contribution in [3.63, 3.8) is 0 Å². The van der Waals surface area contributed by atoms with E-state index in [9.17, 15) is 9.90 Å². The highest BCUT2D eigenvalue weighted by Crippen LogP contribution is 2.36. The molecule has 0 aliphatic carbocycles. The molecule has 2 heterocycles. The molecule has 0 bridgehead atoms. The van der Waals surface area contributed by atoms with Crippen molar-refractivity contribution in [1.29, 1.82) is 0 Å². The number of fused-ring (bicyclic) bond motifs is 2. The normalized spacial score (nSPS) is 11.7. The molecule has 1 N–H and O–H groups in total. The predicted octanol–water partition coefficient (Wildman–Crippen LogP) is 5.25. The second kappa shape index (κ2) is 6.55. The van der Waals surface area contributed by atoms with Crippen LogP contribution in [0, 0.1) is 6.92 Å². The molecule has 0 fully saturated rings. The molecule has 5 nitrogen and oxygen atoms in total. The molecule has 6 heteroatoms. The first kappa shape index (κ1) is 17.8. The molecule has 4 rings (SSSR count). The van der Waals surface area contributed by atoms with E-state index in [-0.39, 0.29) is 17.3 Å². The molecule has 0 saturated carbocycles. The summed E-state index contributed by atoms with van der Waals surface area (Å²) in [6, 6.07) is 10.6. The first-order valence-electron chi connectivity index (χ1n) is 8.47. The molecule has 0 atom stereocenters. The number of aryl methyl sites for hydroxylation is 1. The number of phenolic OH excluding ortho intramolecular Hbond substituents is 1. The van der Waals surface area contributed by atoms with Crippen LogP contribution >= 0.6 is 15.9 Å². The maximum Gasteiger partial charge on any atom is 0.232 e. The van der Waals surface area contributed by atoms with Crippen LogP contribution in [0.3, 0.4) is 0 Å². The van der Waals surface area contributed by atoms with Crippen LogP contribution in [-0.4, -0.2) is 29.9 Å². The fraction of sp³-hybridized carbons (Fsp3) is 0.190. The number of carbonyl (C=O) groups is 1. The third-order valence-corrected chi connectivity index (χ3v) is 5.01. The lowest BCUT2D eigenvalue weighted by Crippen LogP contribution is -2.12. The highest BCUT2D eigenvalue weighted by molar-refractivity contribution is 9.10. The number of ketones is 1. The Morgan fingerprint density at radius 2 is 1.85 bits per heavy atom. The molecule has 2 aromatic heterocycles. The molecule has 4 aromatic rings. The zero-order valence-electron chi connectivity index (χ0n) is 15.2. The Hall–Kier alpha value is -2.57. The van der Waals surface area contributed by atoms with Crippen molar-refractivity contribution in [3.8, 4) is 5.75 Å². The molecule has 0 amide bonds. The number of furan rings is 2. The van der Waals surface area contributed by atoms with Crippen molar-refractivity contribution in [3.05, 3.63) is 63.5 Å². The van der Waals surface area contributed by atoms with Gasteiger partial charge in [0.15, 0.2) is 5.76 Å². The first-order valence-corrected chi connectivity index (χ1v) is 9.27. The van der Waals surface area contributed by atoms with Crippen molar-refractivity contribution < 1.29 is 18.7 Å². The Labute approximate surface area is 164 Å². The number of rotatable bonds is 4. The molecule has 0 saturated heterocycles. The van der Waals surface area contributed by atoms with Gasteiger partial charge in [-0.3, -0.25) is 4.79 Å². The number of phenols is 1. The van der Waals surface area contributed by atoms with Crippen LogP contribution in [-0.2, 0) is 6.54 Å². The minimum atomic E-state index is -0.260. The van der Waals surface area contributed by atoms with Crippen LogP contribution in [0.4, 0.5) is 0 Å². The zero-order chi connectivity index (χ0) is 19.3. The highest BCUT2D eigenvalue weighted by Gasteiger charge is 2.26. The first-order chi connectivity index (χ1) is 12.8. The van der Waals surface area contributed by atoms with E-state index in [1.807, 2.05) is 37.2 Å². The maximum atomic E-state index is 13.3. The summed E-state index contributed by atoms with van der Waals surface area (Å²) in [6.45, 7) is 2.23. The second-order valence-corrected chi connectivity index (χ2v) is 7.75. The van der Waals surface area contributed by atoms with Gasteiger partial charge in [-0.15, -0.1) is 0 Å². The number of halogens is 1. The van der Waals surface area contributed by atoms with Gasteiger partial charge >= 0.3 is 0 Å². The number of aromatic hydroxyl groups is 1. The SMILES string of the molecule is Cc1oc2ccc(O)c(CN(C)C)c2c1C(=O)c1cc2cc(Br)ccc2o1. The van der Waals surface area contributed by atoms with E-state index in [0.29, 0.717) is 40.0 Å². The topological polar surface area (TPSA) is 66.8 Å². The summed E-state index contributed by atoms with van der Waals surface area (Å²) in [7, 11) is 3.81. The summed E-state index contributed by atoms with van der Waals surface area (Å²) in [5, 5.41) is 11.9. The lowest BCUT2D eigenvalue weighted by molar-refractivity contribution is 0.101. The van der Waals surface area contributed by atoms with Gasteiger partial charge in [0.25, 0.3) is 0 Å². The Morgan fingerprint density at radius 3 is 2.59 bits per heavy atom. The quantitative estimate of drug-likeness (QED) is 0.450. The molecular weight excluding hydrogens is 410 g/mol. The molecule has 0 spiro atoms. The zero-order valence-corrected chi connectivity index (χ0v) is 16.8. The van der Waals surface area contributed by atoms with Crippen LogP contribution in [0.1, 0.15) is 27.4 Å². The van der Waals surface area contributed by atoms with Gasteiger partial charge < -0.3 is 18.8 Å². The molecule has 138 valence electrons. The van der Waals surface area contributed by atoms with Gasteiger partial charge in [-0.2, -0.15) is 0 Å². The summed E-state index contributed by atoms with van der Waals surface area (Å²) < 4.78 is 12.5. The largest absolute Gasteiger partial charge is 0.508 e. The molecule has 0 radical (unpaired) electrons. The van der Waals surface area contributed by atoms with Gasteiger partial charge in [0, 0.05) is 27.4 Å². The summed E-state index contributed by atoms with van der Waals surface area (Å²) in [4.78, 5) is 15.2. The van der Waals surface area contributed by atoms with Gasteiger partial charge in [0.2, 0.25) is 5.78 Å². The number of benzene rings is 2. The average Bonchev–Trinajstić information content (AvgIpc) is 3.16. The second-order valence-electron chi connectivity index (χ2n) is 6.83. The highest BCUT2D eigenvalue weighted by atomic mass is 79.9. The van der Waals surface area contributed by atoms with E-state index in [1.165, 1.54) is 0 Å². The number of nitrogens with zero attached hydrogens (tertiary/aromatic N) is 1. The van der Waals surface area contributed by atoms with Gasteiger partial charge in [-0.05, 0) is 57.4 Å². The third-order valence-electron chi connectivity index (χ3n) is 4.52. The number of hydrogen-bond acceptors (Lipinski definition) is 5. The summed E-state index contributed by atoms with van der Waals surface area (Å²) in [5.41, 5.74) is 2.31. The van der Waals surface area contributed by atoms with E-state index in [2.05, 4.69) is 15.9 Å². The molecule has 2 aromatic carbocycles. The fourth-order valence-electron chi connectivity index (χ4n) is 3.37. The smallest absolute Gasteiger partial charge is 0.232 e. The van der Waals surface area contributed by atoms with E-state index in [4.69, 9.17) is 8.83 Å². The van der Waals surface area contributed by atoms with Crippen molar-refractivity contribution in [2.45, 2.75) is 13.5 Å². The Kier molecular flexibility index (Phi) is 4.32. The molecule has 0 unspecified atom stereocenters. The number of carbonyl (C=O) groups excluding carboxylic acids is 1. The predicted molar refractivity (Wildman–Crippen MR) is 107 cm³/mol. The van der Waals surface area contributed by atoms with Gasteiger partial charge in [0.1, 0.15) is 22.7 Å². The van der Waals surface area contributed by atoms with Crippen molar-refractivity contribution in [2.75, 3.05) is 14.1 Å². The van der Waals surface area contributed by atoms with Crippen LogP contribution in [0.5, 0.6) is 5.75 Å². The van der Waals surface area contributed by atoms with Crippen molar-refractivity contribution in [1.82, 2.24) is 4.90 Å². The lowest BCUT2D eigenvalue weighted by Gasteiger charge is -2.12. The lowest BCUT2D eigenvalue weighted by atomic mass is 9.99. The van der Waals surface area contributed by atoms with Crippen LogP contribution in [0.2, 0.25) is 0 Å². The minimum Gasteiger partial charge on any atom is -0.508 e. The summed E-state index contributed by atoms with van der Waals surface area (Å²) in [6.07, 6.45) is 0. The standard InChI is InChI=1S/C21H18BrNO4/c1-11-19(20-14(10-23(2)3)15(24)5-7-17(20)26-11)21(25)18-9-12-8-13(22)4-6-16(12)27-18/h4-9,24H,10H2,1-3H3. The molecule has 27 heavy (non-hydrogen) atoms. The van der Waals surface area contributed by atoms with Crippen LogP contribution < -0.4 is 0 Å². The molecule has 0 aliphatic rings. The van der Waals surface area contributed by atoms with Crippen LogP contribution in [0.25, 0.3) is 21.9 Å². The summed E-state index contributed by atoms with van der Waals surface area (Å²) >= 11 is 3.43. The van der Waals surface area contributed by atoms with Crippen molar-refractivity contribution >= 4 is 43.7 Å². The van der Waals surface area contributed by atoms with E-state index in [1.54, 1.807) is 25.1 Å². The Morgan fingerprint density at radius 1 is 1.11 bits per heavy atom. The van der Waals surface area contributed by atoms with E-state index >= 15 is 0 Å². The number of hydrogen-bond donors (Lipinski definition) is 1. The fourth-order valence-corrected chi connectivity index (χ4v) is 3.74. The van der Waals surface area contributed by atoms with E-state index in [0.717, 1.165) is 9.86 Å². The Bertz CT molecular complexity index is 1190. The Balaban J connectivity index is 1.92. The van der Waals surface area contributed by atoms with Gasteiger partial charge in [-0.25, -0.2) is 0 Å². The van der Waals surface area contributed by atoms with Gasteiger partial charge in [0.05, 0.1) is 5.56 Å². The average molecular weight is 428 g/mol. The molecule has 0 aliphatic heterocycles.